The molecule has 3 rings (SSSR count). The zero-order valence-corrected chi connectivity index (χ0v) is 12.4. The van der Waals surface area contributed by atoms with E-state index in [4.69, 9.17) is 27.9 Å². The molecule has 0 aliphatic heterocycles. The van der Waals surface area contributed by atoms with Crippen LogP contribution in [-0.4, -0.2) is 5.24 Å². The molecule has 3 aromatic rings. The maximum atomic E-state index is 11.3. The Morgan fingerprint density at radius 3 is 2.50 bits per heavy atom. The molecule has 0 N–H and O–H groups in total. The summed E-state index contributed by atoms with van der Waals surface area (Å²) in [5, 5.41) is 0.610. The zero-order chi connectivity index (χ0) is 14.1. The van der Waals surface area contributed by atoms with Gasteiger partial charge in [0.05, 0.1) is 5.02 Å². The SMILES string of the molecule is O=C(Cl)c1sc2ccc(Oc3ccccc3)cc2c1Cl. The van der Waals surface area contributed by atoms with Crippen molar-refractivity contribution in [1.82, 2.24) is 0 Å². The number of carbonyl (C=O) groups excluding carboxylic acids is 1. The molecule has 0 saturated heterocycles. The number of ether oxygens (including phenoxy) is 1. The van der Waals surface area contributed by atoms with E-state index in [-0.39, 0.29) is 0 Å². The summed E-state index contributed by atoms with van der Waals surface area (Å²) >= 11 is 13.0. The highest BCUT2D eigenvalue weighted by molar-refractivity contribution is 7.23. The van der Waals surface area contributed by atoms with Gasteiger partial charge in [0.15, 0.2) is 0 Å². The van der Waals surface area contributed by atoms with Crippen LogP contribution in [0.2, 0.25) is 5.02 Å². The van der Waals surface area contributed by atoms with E-state index in [1.807, 2.05) is 48.5 Å². The number of benzene rings is 2. The Morgan fingerprint density at radius 1 is 1.05 bits per heavy atom. The predicted octanol–water partition coefficient (Wildman–Crippen LogP) is 5.73. The molecule has 0 radical (unpaired) electrons. The molecule has 0 saturated carbocycles. The van der Waals surface area contributed by atoms with E-state index in [0.29, 0.717) is 15.6 Å². The van der Waals surface area contributed by atoms with Crippen molar-refractivity contribution < 1.29 is 9.53 Å². The molecule has 0 atom stereocenters. The van der Waals surface area contributed by atoms with Crippen LogP contribution in [0.25, 0.3) is 10.1 Å². The molecule has 2 nitrogen and oxygen atoms in total. The highest BCUT2D eigenvalue weighted by Gasteiger charge is 2.15. The highest BCUT2D eigenvalue weighted by atomic mass is 35.5. The Hall–Kier alpha value is -1.55. The second kappa shape index (κ2) is 5.44. The van der Waals surface area contributed by atoms with Gasteiger partial charge in [0, 0.05) is 10.1 Å². The largest absolute Gasteiger partial charge is 0.457 e. The lowest BCUT2D eigenvalue weighted by Crippen LogP contribution is -1.83. The van der Waals surface area contributed by atoms with Gasteiger partial charge in [-0.15, -0.1) is 11.3 Å². The number of rotatable bonds is 3. The molecule has 100 valence electrons. The summed E-state index contributed by atoms with van der Waals surface area (Å²) in [6.45, 7) is 0. The van der Waals surface area contributed by atoms with Crippen LogP contribution < -0.4 is 4.74 Å². The van der Waals surface area contributed by atoms with Gasteiger partial charge in [-0.2, -0.15) is 0 Å². The van der Waals surface area contributed by atoms with E-state index in [0.717, 1.165) is 15.8 Å². The summed E-state index contributed by atoms with van der Waals surface area (Å²) in [5.74, 6) is 1.41. The van der Waals surface area contributed by atoms with Crippen molar-refractivity contribution in [3.8, 4) is 11.5 Å². The Bertz CT molecular complexity index is 781. The fraction of sp³-hybridized carbons (Fsp3) is 0. The monoisotopic (exact) mass is 322 g/mol. The molecule has 1 aromatic heterocycles. The Morgan fingerprint density at radius 2 is 1.80 bits per heavy atom. The molecule has 0 aliphatic carbocycles. The minimum atomic E-state index is -0.540. The predicted molar refractivity (Wildman–Crippen MR) is 83.5 cm³/mol. The smallest absolute Gasteiger partial charge is 0.263 e. The first-order chi connectivity index (χ1) is 9.65. The van der Waals surface area contributed by atoms with Crippen molar-refractivity contribution in [3.63, 3.8) is 0 Å². The number of carbonyl (C=O) groups is 1. The first-order valence-corrected chi connectivity index (χ1v) is 7.37. The second-order valence-corrected chi connectivity index (χ2v) is 5.87. The van der Waals surface area contributed by atoms with E-state index in [1.54, 1.807) is 0 Å². The average molecular weight is 323 g/mol. The van der Waals surface area contributed by atoms with Crippen LogP contribution in [0.4, 0.5) is 0 Å². The number of fused-ring (bicyclic) bond motifs is 1. The Labute approximate surface area is 129 Å². The van der Waals surface area contributed by atoms with E-state index in [2.05, 4.69) is 0 Å². The van der Waals surface area contributed by atoms with Gasteiger partial charge < -0.3 is 4.74 Å². The van der Waals surface area contributed by atoms with Crippen LogP contribution in [-0.2, 0) is 0 Å². The number of thiophene rings is 1. The minimum Gasteiger partial charge on any atom is -0.457 e. The van der Waals surface area contributed by atoms with Crippen LogP contribution in [0.1, 0.15) is 9.67 Å². The van der Waals surface area contributed by atoms with Gasteiger partial charge in [0.2, 0.25) is 0 Å². The van der Waals surface area contributed by atoms with Gasteiger partial charge in [0.25, 0.3) is 5.24 Å². The van der Waals surface area contributed by atoms with Crippen molar-refractivity contribution in [2.45, 2.75) is 0 Å². The molecule has 0 amide bonds. The zero-order valence-electron chi connectivity index (χ0n) is 10.1. The third-order valence-corrected chi connectivity index (χ3v) is 4.73. The maximum absolute atomic E-state index is 11.3. The van der Waals surface area contributed by atoms with Gasteiger partial charge in [-0.05, 0) is 41.9 Å². The van der Waals surface area contributed by atoms with Crippen molar-refractivity contribution in [1.29, 1.82) is 0 Å². The van der Waals surface area contributed by atoms with Crippen LogP contribution in [0.15, 0.2) is 48.5 Å². The minimum absolute atomic E-state index is 0.361. The van der Waals surface area contributed by atoms with Crippen molar-refractivity contribution >= 4 is 49.9 Å². The Balaban J connectivity index is 2.02. The van der Waals surface area contributed by atoms with Crippen molar-refractivity contribution in [2.75, 3.05) is 0 Å². The van der Waals surface area contributed by atoms with Crippen LogP contribution in [0, 0.1) is 0 Å². The third kappa shape index (κ3) is 2.52. The van der Waals surface area contributed by atoms with Crippen molar-refractivity contribution in [2.24, 2.45) is 0 Å². The number of hydrogen-bond donors (Lipinski definition) is 0. The lowest BCUT2D eigenvalue weighted by atomic mass is 10.2. The second-order valence-electron chi connectivity index (χ2n) is 4.09. The molecule has 5 heteroatoms. The van der Waals surface area contributed by atoms with E-state index < -0.39 is 5.24 Å². The normalized spacial score (nSPS) is 10.7. The fourth-order valence-electron chi connectivity index (χ4n) is 1.86. The van der Waals surface area contributed by atoms with Gasteiger partial charge in [-0.3, -0.25) is 4.79 Å². The molecule has 0 fully saturated rings. The summed E-state index contributed by atoms with van der Waals surface area (Å²) in [4.78, 5) is 11.6. The molecule has 0 bridgehead atoms. The standard InChI is InChI=1S/C15H8Cl2O2S/c16-13-11-8-10(19-9-4-2-1-3-5-9)6-7-12(11)20-14(13)15(17)18/h1-8H. The molecule has 0 aliphatic rings. The molecule has 0 unspecified atom stereocenters. The molecule has 2 aromatic carbocycles. The maximum Gasteiger partial charge on any atom is 0.263 e. The molecule has 0 spiro atoms. The molecule has 20 heavy (non-hydrogen) atoms. The lowest BCUT2D eigenvalue weighted by Gasteiger charge is -2.05. The van der Waals surface area contributed by atoms with E-state index in [9.17, 15) is 4.79 Å². The fourth-order valence-corrected chi connectivity index (χ4v) is 3.44. The number of halogens is 2. The summed E-state index contributed by atoms with van der Waals surface area (Å²) in [5.41, 5.74) is 0. The van der Waals surface area contributed by atoms with Gasteiger partial charge >= 0.3 is 0 Å². The van der Waals surface area contributed by atoms with E-state index in [1.165, 1.54) is 11.3 Å². The molecule has 1 heterocycles. The summed E-state index contributed by atoms with van der Waals surface area (Å²) in [7, 11) is 0. The summed E-state index contributed by atoms with van der Waals surface area (Å²) in [6, 6.07) is 15.0. The van der Waals surface area contributed by atoms with Crippen LogP contribution >= 0.6 is 34.5 Å². The highest BCUT2D eigenvalue weighted by Crippen LogP contribution is 2.38. The topological polar surface area (TPSA) is 26.3 Å². The lowest BCUT2D eigenvalue weighted by molar-refractivity contribution is 0.108. The van der Waals surface area contributed by atoms with Crippen LogP contribution in [0.5, 0.6) is 11.5 Å². The first kappa shape index (κ1) is 13.4. The van der Waals surface area contributed by atoms with Crippen molar-refractivity contribution in [3.05, 3.63) is 58.4 Å². The summed E-state index contributed by atoms with van der Waals surface area (Å²) in [6.07, 6.45) is 0. The average Bonchev–Trinajstić information content (AvgIpc) is 2.77. The number of hydrogen-bond acceptors (Lipinski definition) is 3. The quantitative estimate of drug-likeness (QED) is 0.576. The third-order valence-electron chi connectivity index (χ3n) is 2.76. The van der Waals surface area contributed by atoms with Gasteiger partial charge in [-0.25, -0.2) is 0 Å². The first-order valence-electron chi connectivity index (χ1n) is 5.80. The Kier molecular flexibility index (Phi) is 3.66. The van der Waals surface area contributed by atoms with Crippen LogP contribution in [0.3, 0.4) is 0 Å². The molecular weight excluding hydrogens is 315 g/mol. The molecular formula is C15H8Cl2O2S. The summed E-state index contributed by atoms with van der Waals surface area (Å²) < 4.78 is 6.64. The van der Waals surface area contributed by atoms with E-state index >= 15 is 0 Å². The van der Waals surface area contributed by atoms with Gasteiger partial charge in [0.1, 0.15) is 16.4 Å². The van der Waals surface area contributed by atoms with Gasteiger partial charge in [-0.1, -0.05) is 29.8 Å². The number of para-hydroxylation sites is 1.